The number of hydrogen-bond acceptors (Lipinski definition) is 5. The number of hydrogen-bond donors (Lipinski definition) is 0. The Morgan fingerprint density at radius 2 is 2.05 bits per heavy atom. The molecule has 1 aromatic heterocycles. The highest BCUT2D eigenvalue weighted by Gasteiger charge is 2.21. The van der Waals surface area contributed by atoms with Gasteiger partial charge >= 0.3 is 5.97 Å². The Kier molecular flexibility index (Phi) is 5.24. The highest BCUT2D eigenvalue weighted by molar-refractivity contribution is 8.00. The van der Waals surface area contributed by atoms with Crippen LogP contribution in [-0.2, 0) is 9.53 Å². The molecule has 0 fully saturated rings. The Morgan fingerprint density at radius 3 is 2.68 bits per heavy atom. The molecule has 2 aromatic rings. The van der Waals surface area contributed by atoms with Gasteiger partial charge in [-0.1, -0.05) is 30.8 Å². The topological polar surface area (TPSA) is 61.2 Å². The van der Waals surface area contributed by atoms with E-state index in [0.717, 1.165) is 6.42 Å². The number of fused-ring (bicyclic) bond motifs is 1. The van der Waals surface area contributed by atoms with E-state index >= 15 is 0 Å². The van der Waals surface area contributed by atoms with E-state index in [1.807, 2.05) is 32.0 Å². The first-order valence-corrected chi connectivity index (χ1v) is 8.13. The Morgan fingerprint density at radius 1 is 1.36 bits per heavy atom. The quantitative estimate of drug-likeness (QED) is 0.481. The maximum absolute atomic E-state index is 12.8. The Labute approximate surface area is 133 Å². The molecule has 0 saturated heterocycles. The van der Waals surface area contributed by atoms with Crippen molar-refractivity contribution in [3.05, 3.63) is 34.6 Å². The summed E-state index contributed by atoms with van der Waals surface area (Å²) in [5.41, 5.74) is 0.575. The molecule has 0 aliphatic carbocycles. The van der Waals surface area contributed by atoms with Crippen LogP contribution < -0.4 is 5.56 Å². The van der Waals surface area contributed by atoms with Crippen LogP contribution in [0.15, 0.2) is 34.2 Å². The number of methoxy groups -OCH3 is 1. The smallest absolute Gasteiger partial charge is 0.318 e. The molecule has 118 valence electrons. The molecular weight excluding hydrogens is 300 g/mol. The van der Waals surface area contributed by atoms with Crippen LogP contribution in [0.5, 0.6) is 0 Å². The number of aromatic nitrogens is 2. The third-order valence-corrected chi connectivity index (χ3v) is 4.67. The van der Waals surface area contributed by atoms with Crippen LogP contribution in [0.25, 0.3) is 10.9 Å². The van der Waals surface area contributed by atoms with Crippen molar-refractivity contribution in [1.29, 1.82) is 0 Å². The standard InChI is InChI=1S/C16H20N2O3S/c1-5-10(2)18-14(19)12-8-6-7-9-13(12)17-16(18)22-11(3)15(20)21-4/h6-11H,5H2,1-4H3/t10-,11+/m1/s1. The van der Waals surface area contributed by atoms with Gasteiger partial charge in [0.1, 0.15) is 5.25 Å². The molecule has 0 radical (unpaired) electrons. The molecule has 1 aromatic carbocycles. The van der Waals surface area contributed by atoms with Crippen molar-refractivity contribution in [2.45, 2.75) is 43.6 Å². The van der Waals surface area contributed by atoms with E-state index < -0.39 is 5.25 Å². The lowest BCUT2D eigenvalue weighted by Gasteiger charge is -2.19. The van der Waals surface area contributed by atoms with Gasteiger partial charge in [-0.05, 0) is 32.4 Å². The molecule has 0 unspecified atom stereocenters. The van der Waals surface area contributed by atoms with Crippen molar-refractivity contribution in [2.24, 2.45) is 0 Å². The Balaban J connectivity index is 2.60. The summed E-state index contributed by atoms with van der Waals surface area (Å²) < 4.78 is 6.43. The van der Waals surface area contributed by atoms with Crippen LogP contribution in [0.4, 0.5) is 0 Å². The summed E-state index contributed by atoms with van der Waals surface area (Å²) in [6.45, 7) is 5.74. The lowest BCUT2D eigenvalue weighted by atomic mass is 10.2. The van der Waals surface area contributed by atoms with E-state index in [1.165, 1.54) is 18.9 Å². The maximum atomic E-state index is 12.8. The van der Waals surface area contributed by atoms with Crippen LogP contribution in [-0.4, -0.2) is 27.9 Å². The Hall–Kier alpha value is -1.82. The minimum absolute atomic E-state index is 0.0111. The molecule has 0 amide bonds. The van der Waals surface area contributed by atoms with Gasteiger partial charge in [0, 0.05) is 6.04 Å². The van der Waals surface area contributed by atoms with Gasteiger partial charge in [0.2, 0.25) is 0 Å². The van der Waals surface area contributed by atoms with Crippen molar-refractivity contribution in [1.82, 2.24) is 9.55 Å². The first-order chi connectivity index (χ1) is 10.5. The van der Waals surface area contributed by atoms with Gasteiger partial charge in [0.25, 0.3) is 5.56 Å². The van der Waals surface area contributed by atoms with Crippen LogP contribution in [0.3, 0.4) is 0 Å². The summed E-state index contributed by atoms with van der Waals surface area (Å²) in [6.07, 6.45) is 0.806. The molecule has 0 bridgehead atoms. The zero-order valence-electron chi connectivity index (χ0n) is 13.2. The fourth-order valence-corrected chi connectivity index (χ4v) is 3.19. The van der Waals surface area contributed by atoms with Crippen molar-refractivity contribution in [2.75, 3.05) is 7.11 Å². The second kappa shape index (κ2) is 6.96. The highest BCUT2D eigenvalue weighted by Crippen LogP contribution is 2.26. The number of ether oxygens (including phenoxy) is 1. The number of benzene rings is 1. The summed E-state index contributed by atoms with van der Waals surface area (Å²) in [7, 11) is 1.36. The van der Waals surface area contributed by atoms with E-state index in [9.17, 15) is 9.59 Å². The summed E-state index contributed by atoms with van der Waals surface area (Å²) >= 11 is 1.25. The summed E-state index contributed by atoms with van der Waals surface area (Å²) in [5, 5.41) is 0.724. The first kappa shape index (κ1) is 16.5. The second-order valence-corrected chi connectivity index (χ2v) is 6.44. The number of para-hydroxylation sites is 1. The fourth-order valence-electron chi connectivity index (χ4n) is 2.15. The first-order valence-electron chi connectivity index (χ1n) is 7.25. The third-order valence-electron chi connectivity index (χ3n) is 3.62. The molecule has 22 heavy (non-hydrogen) atoms. The third kappa shape index (κ3) is 3.16. The zero-order chi connectivity index (χ0) is 16.3. The molecule has 1 heterocycles. The summed E-state index contributed by atoms with van der Waals surface area (Å²) in [5.74, 6) is -0.330. The average Bonchev–Trinajstić information content (AvgIpc) is 2.53. The number of carbonyl (C=O) groups is 1. The average molecular weight is 320 g/mol. The largest absolute Gasteiger partial charge is 0.468 e. The van der Waals surface area contributed by atoms with Gasteiger partial charge in [-0.15, -0.1) is 0 Å². The number of rotatable bonds is 5. The van der Waals surface area contributed by atoms with Gasteiger partial charge in [-0.2, -0.15) is 0 Å². The highest BCUT2D eigenvalue weighted by atomic mass is 32.2. The molecule has 6 heteroatoms. The van der Waals surface area contributed by atoms with Crippen LogP contribution >= 0.6 is 11.8 Å². The molecular formula is C16H20N2O3S. The van der Waals surface area contributed by atoms with Gasteiger partial charge in [0.15, 0.2) is 5.16 Å². The van der Waals surface area contributed by atoms with Gasteiger partial charge in [0.05, 0.1) is 18.0 Å². The second-order valence-electron chi connectivity index (χ2n) is 5.13. The van der Waals surface area contributed by atoms with Crippen molar-refractivity contribution in [3.8, 4) is 0 Å². The predicted molar refractivity (Wildman–Crippen MR) is 88.3 cm³/mol. The molecule has 5 nitrogen and oxygen atoms in total. The van der Waals surface area contributed by atoms with E-state index in [1.54, 1.807) is 17.6 Å². The molecule has 0 spiro atoms. The monoisotopic (exact) mass is 320 g/mol. The van der Waals surface area contributed by atoms with E-state index in [4.69, 9.17) is 4.74 Å². The van der Waals surface area contributed by atoms with Gasteiger partial charge < -0.3 is 4.74 Å². The minimum atomic E-state index is -0.423. The molecule has 2 rings (SSSR count). The van der Waals surface area contributed by atoms with Gasteiger partial charge in [-0.3, -0.25) is 14.2 Å². The van der Waals surface area contributed by atoms with E-state index in [0.29, 0.717) is 16.1 Å². The maximum Gasteiger partial charge on any atom is 0.318 e. The van der Waals surface area contributed by atoms with E-state index in [2.05, 4.69) is 4.98 Å². The molecule has 0 N–H and O–H groups in total. The SMILES string of the molecule is CC[C@@H](C)n1c(S[C@@H](C)C(=O)OC)nc2ccccc2c1=O. The fraction of sp³-hybridized carbons (Fsp3) is 0.438. The van der Waals surface area contributed by atoms with Crippen molar-refractivity contribution < 1.29 is 9.53 Å². The Bertz CT molecular complexity index is 742. The molecule has 0 aliphatic rings. The van der Waals surface area contributed by atoms with E-state index in [-0.39, 0.29) is 17.6 Å². The lowest BCUT2D eigenvalue weighted by Crippen LogP contribution is -2.27. The molecule has 0 aliphatic heterocycles. The van der Waals surface area contributed by atoms with Crippen molar-refractivity contribution in [3.63, 3.8) is 0 Å². The zero-order valence-corrected chi connectivity index (χ0v) is 14.0. The van der Waals surface area contributed by atoms with Crippen molar-refractivity contribution >= 4 is 28.6 Å². The normalized spacial score (nSPS) is 13.8. The number of thioether (sulfide) groups is 1. The van der Waals surface area contributed by atoms with Gasteiger partial charge in [-0.25, -0.2) is 4.98 Å². The van der Waals surface area contributed by atoms with Crippen LogP contribution in [0, 0.1) is 0 Å². The van der Waals surface area contributed by atoms with Crippen LogP contribution in [0.2, 0.25) is 0 Å². The summed E-state index contributed by atoms with van der Waals surface area (Å²) in [4.78, 5) is 29.0. The minimum Gasteiger partial charge on any atom is -0.468 e. The molecule has 2 atom stereocenters. The number of nitrogens with zero attached hydrogens (tertiary/aromatic N) is 2. The lowest BCUT2D eigenvalue weighted by molar-refractivity contribution is -0.139. The predicted octanol–water partition coefficient (Wildman–Crippen LogP) is 3.02. The number of carbonyl (C=O) groups excluding carboxylic acids is 1. The number of esters is 1. The van der Waals surface area contributed by atoms with Crippen LogP contribution in [0.1, 0.15) is 33.2 Å². The summed E-state index contributed by atoms with van der Waals surface area (Å²) in [6, 6.07) is 7.28. The molecule has 0 saturated carbocycles.